The van der Waals surface area contributed by atoms with E-state index in [2.05, 4.69) is 11.5 Å². The van der Waals surface area contributed by atoms with Crippen LogP contribution < -0.4 is 10.2 Å². The first kappa shape index (κ1) is 17.8. The van der Waals surface area contributed by atoms with Gasteiger partial charge in [-0.2, -0.15) is 5.01 Å². The van der Waals surface area contributed by atoms with Gasteiger partial charge in [0.25, 0.3) is 0 Å². The lowest BCUT2D eigenvalue weighted by atomic mass is 10.0. The summed E-state index contributed by atoms with van der Waals surface area (Å²) in [6, 6.07) is 16.4. The second-order valence-corrected chi connectivity index (χ2v) is 7.22. The third kappa shape index (κ3) is 3.06. The number of esters is 1. The van der Waals surface area contributed by atoms with Crippen LogP contribution in [0.4, 0.5) is 0 Å². The summed E-state index contributed by atoms with van der Waals surface area (Å²) in [5.41, 5.74) is 6.59. The van der Waals surface area contributed by atoms with Gasteiger partial charge in [-0.05, 0) is 48.5 Å². The molecule has 1 aromatic heterocycles. The first-order chi connectivity index (χ1) is 14.1. The van der Waals surface area contributed by atoms with E-state index in [-0.39, 0.29) is 12.0 Å². The number of carbonyl (C=O) groups excluding carboxylic acids is 1. The van der Waals surface area contributed by atoms with Crippen LogP contribution in [0.5, 0.6) is 5.75 Å². The molecule has 2 aliphatic rings. The Morgan fingerprint density at radius 2 is 2.00 bits per heavy atom. The lowest BCUT2D eigenvalue weighted by Gasteiger charge is -2.39. The first-order valence-electron chi connectivity index (χ1n) is 9.09. The Labute approximate surface area is 172 Å². The molecule has 3 aromatic rings. The summed E-state index contributed by atoms with van der Waals surface area (Å²) < 4.78 is 16.6. The molecule has 2 atom stereocenters. The molecule has 0 radical (unpaired) electrons. The lowest BCUT2D eigenvalue weighted by molar-refractivity contribution is -0.0328. The topological polar surface area (TPSA) is 63.9 Å². The van der Waals surface area contributed by atoms with Crippen molar-refractivity contribution in [3.8, 4) is 5.75 Å². The van der Waals surface area contributed by atoms with Gasteiger partial charge in [-0.15, -0.1) is 0 Å². The van der Waals surface area contributed by atoms with E-state index in [9.17, 15) is 4.79 Å². The number of nitrogens with one attached hydrogen (secondary N) is 1. The minimum atomic E-state index is -0.413. The zero-order valence-corrected chi connectivity index (χ0v) is 16.2. The van der Waals surface area contributed by atoms with Gasteiger partial charge in [0.05, 0.1) is 30.7 Å². The predicted molar refractivity (Wildman–Crippen MR) is 107 cm³/mol. The zero-order chi connectivity index (χ0) is 20.0. The van der Waals surface area contributed by atoms with Gasteiger partial charge >= 0.3 is 5.97 Å². The smallest absolute Gasteiger partial charge is 0.337 e. The molecule has 7 heteroatoms. The van der Waals surface area contributed by atoms with Crippen molar-refractivity contribution in [1.82, 2.24) is 10.4 Å². The number of rotatable bonds is 3. The standard InChI is InChI=1S/C22H17ClN2O4/c1-27-22(26)14-6-4-13(5-7-14)21-25-18(12-17(24-25)20-3-2-10-28-20)16-11-15(23)8-9-19(16)29-21/h2-12,18,21,24H,1H3/t18-,21+/m1/s1. The van der Waals surface area contributed by atoms with Crippen molar-refractivity contribution in [1.29, 1.82) is 0 Å². The molecule has 0 amide bonds. The maximum Gasteiger partial charge on any atom is 0.337 e. The van der Waals surface area contributed by atoms with E-state index in [0.717, 1.165) is 28.3 Å². The maximum absolute atomic E-state index is 11.7. The third-order valence-corrected chi connectivity index (χ3v) is 5.29. The molecule has 0 unspecified atom stereocenters. The van der Waals surface area contributed by atoms with Gasteiger partial charge in [-0.25, -0.2) is 4.79 Å². The number of benzene rings is 2. The summed E-state index contributed by atoms with van der Waals surface area (Å²) >= 11 is 6.24. The van der Waals surface area contributed by atoms with Gasteiger partial charge in [-0.3, -0.25) is 0 Å². The van der Waals surface area contributed by atoms with Crippen LogP contribution in [0.3, 0.4) is 0 Å². The Bertz CT molecular complexity index is 1090. The molecule has 2 aliphatic heterocycles. The highest BCUT2D eigenvalue weighted by molar-refractivity contribution is 6.30. The van der Waals surface area contributed by atoms with Crippen LogP contribution in [-0.2, 0) is 4.74 Å². The number of ether oxygens (including phenoxy) is 2. The van der Waals surface area contributed by atoms with Gasteiger partial charge in [0, 0.05) is 16.1 Å². The molecule has 29 heavy (non-hydrogen) atoms. The van der Waals surface area contributed by atoms with Crippen LogP contribution in [0.1, 0.15) is 39.5 Å². The van der Waals surface area contributed by atoms with E-state index in [0.29, 0.717) is 10.6 Å². The number of halogens is 1. The van der Waals surface area contributed by atoms with Crippen molar-refractivity contribution in [2.75, 3.05) is 7.11 Å². The molecular weight excluding hydrogens is 392 g/mol. The Morgan fingerprint density at radius 3 is 2.72 bits per heavy atom. The van der Waals surface area contributed by atoms with E-state index in [1.165, 1.54) is 7.11 Å². The molecule has 146 valence electrons. The monoisotopic (exact) mass is 408 g/mol. The fraction of sp³-hybridized carbons (Fsp3) is 0.136. The Hall–Kier alpha value is -3.22. The average Bonchev–Trinajstić information content (AvgIpc) is 3.43. The number of nitrogens with zero attached hydrogens (tertiary/aromatic N) is 1. The molecule has 1 N–H and O–H groups in total. The van der Waals surface area contributed by atoms with E-state index >= 15 is 0 Å². The molecular formula is C22H17ClN2O4. The van der Waals surface area contributed by atoms with Gasteiger partial charge in [0.1, 0.15) is 5.75 Å². The van der Waals surface area contributed by atoms with E-state index < -0.39 is 6.23 Å². The van der Waals surface area contributed by atoms with Crippen LogP contribution in [0.15, 0.2) is 71.4 Å². The molecule has 0 spiro atoms. The number of hydrazine groups is 1. The molecule has 0 saturated carbocycles. The van der Waals surface area contributed by atoms with Gasteiger partial charge in [0.15, 0.2) is 12.0 Å². The minimum Gasteiger partial charge on any atom is -0.469 e. The third-order valence-electron chi connectivity index (χ3n) is 5.06. The van der Waals surface area contributed by atoms with Crippen molar-refractivity contribution in [2.45, 2.75) is 12.3 Å². The average molecular weight is 409 g/mol. The zero-order valence-electron chi connectivity index (χ0n) is 15.5. The van der Waals surface area contributed by atoms with Crippen molar-refractivity contribution >= 4 is 23.3 Å². The number of hydrogen-bond donors (Lipinski definition) is 1. The van der Waals surface area contributed by atoms with Crippen LogP contribution >= 0.6 is 11.6 Å². The maximum atomic E-state index is 11.7. The van der Waals surface area contributed by atoms with Crippen LogP contribution in [-0.4, -0.2) is 18.1 Å². The number of hydrogen-bond acceptors (Lipinski definition) is 6. The Morgan fingerprint density at radius 1 is 1.17 bits per heavy atom. The highest BCUT2D eigenvalue weighted by atomic mass is 35.5. The van der Waals surface area contributed by atoms with Crippen LogP contribution in [0, 0.1) is 0 Å². The van der Waals surface area contributed by atoms with E-state index in [1.807, 2.05) is 47.5 Å². The second kappa shape index (κ2) is 6.99. The molecule has 0 fully saturated rings. The van der Waals surface area contributed by atoms with Gasteiger partial charge < -0.3 is 19.3 Å². The Balaban J connectivity index is 1.54. The highest BCUT2D eigenvalue weighted by Gasteiger charge is 2.40. The minimum absolute atomic E-state index is 0.0946. The van der Waals surface area contributed by atoms with E-state index in [1.54, 1.807) is 18.4 Å². The summed E-state index contributed by atoms with van der Waals surface area (Å²) in [6.45, 7) is 0. The summed E-state index contributed by atoms with van der Waals surface area (Å²) in [5.74, 6) is 1.12. The molecule has 3 heterocycles. The van der Waals surface area contributed by atoms with Crippen molar-refractivity contribution < 1.29 is 18.7 Å². The van der Waals surface area contributed by atoms with Crippen molar-refractivity contribution in [3.63, 3.8) is 0 Å². The molecule has 5 rings (SSSR count). The summed E-state index contributed by atoms with van der Waals surface area (Å²) in [6.07, 6.45) is 3.32. The first-order valence-corrected chi connectivity index (χ1v) is 9.47. The van der Waals surface area contributed by atoms with Crippen LogP contribution in [0.25, 0.3) is 5.70 Å². The van der Waals surface area contributed by atoms with Gasteiger partial charge in [0.2, 0.25) is 0 Å². The van der Waals surface area contributed by atoms with Gasteiger partial charge in [-0.1, -0.05) is 23.7 Å². The predicted octanol–water partition coefficient (Wildman–Crippen LogP) is 4.71. The van der Waals surface area contributed by atoms with Crippen molar-refractivity contribution in [2.24, 2.45) is 0 Å². The largest absolute Gasteiger partial charge is 0.469 e. The molecule has 0 saturated heterocycles. The number of carbonyl (C=O) groups is 1. The number of furan rings is 1. The normalized spacial score (nSPS) is 20.1. The van der Waals surface area contributed by atoms with Crippen LogP contribution in [0.2, 0.25) is 5.02 Å². The highest BCUT2D eigenvalue weighted by Crippen LogP contribution is 2.46. The van der Waals surface area contributed by atoms with Crippen molar-refractivity contribution in [3.05, 3.63) is 94.4 Å². The second-order valence-electron chi connectivity index (χ2n) is 6.79. The number of fused-ring (bicyclic) bond motifs is 3. The summed E-state index contributed by atoms with van der Waals surface area (Å²) in [5, 5.41) is 2.65. The fourth-order valence-corrected chi connectivity index (χ4v) is 3.84. The quantitative estimate of drug-likeness (QED) is 0.633. The summed E-state index contributed by atoms with van der Waals surface area (Å²) in [7, 11) is 1.36. The molecule has 6 nitrogen and oxygen atoms in total. The molecule has 0 bridgehead atoms. The fourth-order valence-electron chi connectivity index (χ4n) is 3.66. The SMILES string of the molecule is COC(=O)c1ccc([C@@H]2Oc3ccc(Cl)cc3[C@H]3C=C(c4ccco4)NN32)cc1. The molecule has 2 aromatic carbocycles. The lowest BCUT2D eigenvalue weighted by Crippen LogP contribution is -2.43. The van der Waals surface area contributed by atoms with E-state index in [4.69, 9.17) is 25.5 Å². The Kier molecular flexibility index (Phi) is 4.30. The molecule has 0 aliphatic carbocycles. The number of methoxy groups -OCH3 is 1. The summed E-state index contributed by atoms with van der Waals surface area (Å²) in [4.78, 5) is 11.7.